The van der Waals surface area contributed by atoms with Crippen LogP contribution in [0.5, 0.6) is 11.5 Å². The molecule has 2 aromatic rings. The van der Waals surface area contributed by atoms with Gasteiger partial charge in [0.25, 0.3) is 0 Å². The summed E-state index contributed by atoms with van der Waals surface area (Å²) in [5.41, 5.74) is 1.06. The van der Waals surface area contributed by atoms with Gasteiger partial charge >= 0.3 is 0 Å². The molecule has 0 heterocycles. The van der Waals surface area contributed by atoms with E-state index in [1.54, 1.807) is 12.1 Å². The first-order valence-corrected chi connectivity index (χ1v) is 7.29. The summed E-state index contributed by atoms with van der Waals surface area (Å²) in [6.45, 7) is 4.92. The van der Waals surface area contributed by atoms with Gasteiger partial charge in [0.15, 0.2) is 0 Å². The van der Waals surface area contributed by atoms with Crippen molar-refractivity contribution < 1.29 is 9.13 Å². The van der Waals surface area contributed by atoms with E-state index in [0.717, 1.165) is 22.3 Å². The summed E-state index contributed by atoms with van der Waals surface area (Å²) >= 11 is 3.44. The van der Waals surface area contributed by atoms with Gasteiger partial charge in [-0.1, -0.05) is 35.8 Å². The second kappa shape index (κ2) is 6.86. The van der Waals surface area contributed by atoms with E-state index in [4.69, 9.17) is 4.74 Å². The third-order valence-electron chi connectivity index (χ3n) is 2.77. The van der Waals surface area contributed by atoms with E-state index in [1.807, 2.05) is 18.2 Å². The average molecular weight is 338 g/mol. The first-order valence-electron chi connectivity index (χ1n) is 6.50. The van der Waals surface area contributed by atoms with Crippen molar-refractivity contribution in [2.45, 2.75) is 26.4 Å². The second-order valence-electron chi connectivity index (χ2n) is 4.84. The summed E-state index contributed by atoms with van der Waals surface area (Å²) in [6, 6.07) is 12.3. The van der Waals surface area contributed by atoms with Crippen molar-refractivity contribution in [3.63, 3.8) is 0 Å². The molecule has 0 aliphatic heterocycles. The largest absolute Gasteiger partial charge is 0.457 e. The van der Waals surface area contributed by atoms with Crippen molar-refractivity contribution >= 4 is 15.9 Å². The third kappa shape index (κ3) is 4.32. The molecule has 0 bridgehead atoms. The lowest BCUT2D eigenvalue weighted by atomic mass is 10.2. The molecule has 0 aliphatic carbocycles. The van der Waals surface area contributed by atoms with Crippen LogP contribution in [0.15, 0.2) is 46.9 Å². The highest BCUT2D eigenvalue weighted by molar-refractivity contribution is 9.10. The summed E-state index contributed by atoms with van der Waals surface area (Å²) in [7, 11) is 0. The number of hydrogen-bond acceptors (Lipinski definition) is 2. The van der Waals surface area contributed by atoms with Crippen molar-refractivity contribution in [2.75, 3.05) is 0 Å². The SMILES string of the molecule is CC(C)NCc1ccc(Br)cc1Oc1ccc(F)cc1. The summed E-state index contributed by atoms with van der Waals surface area (Å²) in [5, 5.41) is 3.36. The normalized spacial score (nSPS) is 10.8. The van der Waals surface area contributed by atoms with Gasteiger partial charge in [-0.2, -0.15) is 0 Å². The van der Waals surface area contributed by atoms with Crippen LogP contribution in [0.25, 0.3) is 0 Å². The molecular formula is C16H17BrFNO. The maximum absolute atomic E-state index is 12.9. The molecule has 0 amide bonds. The average Bonchev–Trinajstić information content (AvgIpc) is 2.40. The monoisotopic (exact) mass is 337 g/mol. The molecule has 1 N–H and O–H groups in total. The number of ether oxygens (including phenoxy) is 1. The zero-order valence-electron chi connectivity index (χ0n) is 11.5. The van der Waals surface area contributed by atoms with Gasteiger partial charge in [-0.15, -0.1) is 0 Å². The molecule has 0 aliphatic rings. The molecule has 20 heavy (non-hydrogen) atoms. The number of hydrogen-bond donors (Lipinski definition) is 1. The fourth-order valence-electron chi connectivity index (χ4n) is 1.71. The highest BCUT2D eigenvalue weighted by Gasteiger charge is 2.07. The van der Waals surface area contributed by atoms with Crippen LogP contribution in [0, 0.1) is 5.82 Å². The fraction of sp³-hybridized carbons (Fsp3) is 0.250. The van der Waals surface area contributed by atoms with Crippen LogP contribution in [0.3, 0.4) is 0 Å². The van der Waals surface area contributed by atoms with Gasteiger partial charge in [0, 0.05) is 22.6 Å². The molecule has 0 saturated heterocycles. The molecule has 0 spiro atoms. The number of halogens is 2. The number of benzene rings is 2. The molecule has 0 unspecified atom stereocenters. The van der Waals surface area contributed by atoms with Crippen LogP contribution in [0.2, 0.25) is 0 Å². The van der Waals surface area contributed by atoms with Gasteiger partial charge in [-0.05, 0) is 36.4 Å². The van der Waals surface area contributed by atoms with Crippen molar-refractivity contribution in [1.82, 2.24) is 5.32 Å². The van der Waals surface area contributed by atoms with Crippen LogP contribution in [-0.4, -0.2) is 6.04 Å². The molecule has 2 nitrogen and oxygen atoms in total. The minimum Gasteiger partial charge on any atom is -0.457 e. The van der Waals surface area contributed by atoms with E-state index in [-0.39, 0.29) is 5.82 Å². The van der Waals surface area contributed by atoms with Crippen molar-refractivity contribution in [3.05, 3.63) is 58.3 Å². The maximum Gasteiger partial charge on any atom is 0.133 e. The number of nitrogens with one attached hydrogen (secondary N) is 1. The Bertz CT molecular complexity index is 569. The van der Waals surface area contributed by atoms with Crippen LogP contribution in [0.4, 0.5) is 4.39 Å². The van der Waals surface area contributed by atoms with Gasteiger partial charge in [0.1, 0.15) is 17.3 Å². The van der Waals surface area contributed by atoms with E-state index < -0.39 is 0 Å². The first kappa shape index (κ1) is 15.0. The van der Waals surface area contributed by atoms with Crippen LogP contribution < -0.4 is 10.1 Å². The molecule has 0 atom stereocenters. The second-order valence-corrected chi connectivity index (χ2v) is 5.76. The lowest BCUT2D eigenvalue weighted by molar-refractivity contribution is 0.467. The van der Waals surface area contributed by atoms with E-state index in [9.17, 15) is 4.39 Å². The highest BCUT2D eigenvalue weighted by Crippen LogP contribution is 2.28. The Hall–Kier alpha value is -1.39. The topological polar surface area (TPSA) is 21.3 Å². The molecule has 0 radical (unpaired) electrons. The van der Waals surface area contributed by atoms with Gasteiger partial charge < -0.3 is 10.1 Å². The van der Waals surface area contributed by atoms with E-state index in [1.165, 1.54) is 12.1 Å². The molecule has 4 heteroatoms. The highest BCUT2D eigenvalue weighted by atomic mass is 79.9. The van der Waals surface area contributed by atoms with Gasteiger partial charge in [0.05, 0.1) is 0 Å². The summed E-state index contributed by atoms with van der Waals surface area (Å²) < 4.78 is 19.7. The summed E-state index contributed by atoms with van der Waals surface area (Å²) in [6.07, 6.45) is 0. The maximum atomic E-state index is 12.9. The molecule has 2 aromatic carbocycles. The Morgan fingerprint density at radius 2 is 1.85 bits per heavy atom. The van der Waals surface area contributed by atoms with Crippen molar-refractivity contribution in [1.29, 1.82) is 0 Å². The Morgan fingerprint density at radius 3 is 2.50 bits per heavy atom. The minimum absolute atomic E-state index is 0.270. The van der Waals surface area contributed by atoms with Crippen molar-refractivity contribution in [3.8, 4) is 11.5 Å². The molecule has 0 fully saturated rings. The smallest absolute Gasteiger partial charge is 0.133 e. The van der Waals surface area contributed by atoms with E-state index in [2.05, 4.69) is 35.1 Å². The Morgan fingerprint density at radius 1 is 1.15 bits per heavy atom. The van der Waals surface area contributed by atoms with Crippen molar-refractivity contribution in [2.24, 2.45) is 0 Å². The quantitative estimate of drug-likeness (QED) is 0.839. The fourth-order valence-corrected chi connectivity index (χ4v) is 2.05. The third-order valence-corrected chi connectivity index (χ3v) is 3.26. The first-order chi connectivity index (χ1) is 9.54. The molecule has 106 valence electrons. The lowest BCUT2D eigenvalue weighted by Crippen LogP contribution is -2.22. The summed E-state index contributed by atoms with van der Waals surface area (Å²) in [5.74, 6) is 1.11. The zero-order chi connectivity index (χ0) is 14.5. The standard InChI is InChI=1S/C16H17BrFNO/c1-11(2)19-10-12-3-4-13(17)9-16(12)20-15-7-5-14(18)6-8-15/h3-9,11,19H,10H2,1-2H3. The van der Waals surface area contributed by atoms with E-state index in [0.29, 0.717) is 11.8 Å². The predicted octanol–water partition coefficient (Wildman–Crippen LogP) is 4.88. The van der Waals surface area contributed by atoms with Gasteiger partial charge in [-0.25, -0.2) is 4.39 Å². The molecule has 2 rings (SSSR count). The molecular weight excluding hydrogens is 321 g/mol. The van der Waals surface area contributed by atoms with Gasteiger partial charge in [-0.3, -0.25) is 0 Å². The van der Waals surface area contributed by atoms with E-state index >= 15 is 0 Å². The Kier molecular flexibility index (Phi) is 5.15. The number of rotatable bonds is 5. The van der Waals surface area contributed by atoms with Crippen LogP contribution in [-0.2, 0) is 6.54 Å². The zero-order valence-corrected chi connectivity index (χ0v) is 13.1. The Labute approximate surface area is 127 Å². The lowest BCUT2D eigenvalue weighted by Gasteiger charge is -2.14. The van der Waals surface area contributed by atoms with Crippen LogP contribution >= 0.6 is 15.9 Å². The predicted molar refractivity (Wildman–Crippen MR) is 82.6 cm³/mol. The molecule has 0 saturated carbocycles. The Balaban J connectivity index is 2.20. The van der Waals surface area contributed by atoms with Crippen LogP contribution in [0.1, 0.15) is 19.4 Å². The minimum atomic E-state index is -0.270. The molecule has 0 aromatic heterocycles. The summed E-state index contributed by atoms with van der Waals surface area (Å²) in [4.78, 5) is 0. The van der Waals surface area contributed by atoms with Gasteiger partial charge in [0.2, 0.25) is 0 Å².